The van der Waals surface area contributed by atoms with Gasteiger partial charge in [0.2, 0.25) is 0 Å². The van der Waals surface area contributed by atoms with E-state index in [1.807, 2.05) is 38.1 Å². The first kappa shape index (κ1) is 18.8. The van der Waals surface area contributed by atoms with Gasteiger partial charge in [0.05, 0.1) is 28.6 Å². The Kier molecular flexibility index (Phi) is 4.00. The van der Waals surface area contributed by atoms with Crippen molar-refractivity contribution in [1.82, 2.24) is 4.98 Å². The van der Waals surface area contributed by atoms with Gasteiger partial charge >= 0.3 is 0 Å². The molecule has 2 bridgehead atoms. The van der Waals surface area contributed by atoms with Crippen molar-refractivity contribution in [1.29, 1.82) is 0 Å². The van der Waals surface area contributed by atoms with E-state index in [9.17, 15) is 9.90 Å². The Morgan fingerprint density at radius 3 is 2.45 bits per heavy atom. The predicted octanol–water partition coefficient (Wildman–Crippen LogP) is 5.39. The van der Waals surface area contributed by atoms with Gasteiger partial charge in [0.1, 0.15) is 10.9 Å². The minimum atomic E-state index is -0.490. The molecule has 1 aliphatic carbocycles. The zero-order valence-electron chi connectivity index (χ0n) is 16.8. The highest BCUT2D eigenvalue weighted by atomic mass is 35.5. The molecule has 0 spiro atoms. The maximum atomic E-state index is 13.6. The van der Waals surface area contributed by atoms with E-state index in [2.05, 4.69) is 11.9 Å². The van der Waals surface area contributed by atoms with Gasteiger partial charge in [-0.3, -0.25) is 4.79 Å². The Balaban J connectivity index is 1.65. The lowest BCUT2D eigenvalue weighted by atomic mass is 9.68. The molecule has 5 rings (SSSR count). The molecule has 2 aromatic rings. The molecule has 2 saturated heterocycles. The molecule has 5 heteroatoms. The number of hydrogen-bond donors (Lipinski definition) is 1. The fourth-order valence-corrected chi connectivity index (χ4v) is 5.81. The second-order valence-electron chi connectivity index (χ2n) is 8.90. The first-order valence-electron chi connectivity index (χ1n) is 10.2. The third-order valence-corrected chi connectivity index (χ3v) is 7.36. The molecule has 1 aromatic carbocycles. The summed E-state index contributed by atoms with van der Waals surface area (Å²) >= 11 is 5.93. The minimum Gasteiger partial charge on any atom is -0.511 e. The number of carbonyl (C=O) groups is 1. The lowest BCUT2D eigenvalue weighted by Crippen LogP contribution is -2.39. The van der Waals surface area contributed by atoms with Crippen LogP contribution in [0.1, 0.15) is 44.7 Å². The molecule has 3 aliphatic rings. The normalized spacial score (nSPS) is 32.9. The van der Waals surface area contributed by atoms with E-state index in [0.29, 0.717) is 10.7 Å². The van der Waals surface area contributed by atoms with Crippen molar-refractivity contribution in [2.45, 2.75) is 51.2 Å². The number of aromatic nitrogens is 1. The van der Waals surface area contributed by atoms with Crippen LogP contribution < -0.4 is 0 Å². The number of aryl methyl sites for hydroxylation is 1. The number of hydrogen-bond acceptors (Lipinski definition) is 4. The SMILES string of the molecule is CCc1ccc(-c2ccc(Cl)nc2)cc1C1=C(O)[C@@H]2[C@H](C1=O)C1(C)CC[C@]2(C)O1. The van der Waals surface area contributed by atoms with Crippen molar-refractivity contribution in [3.63, 3.8) is 0 Å². The Labute approximate surface area is 175 Å². The van der Waals surface area contributed by atoms with E-state index >= 15 is 0 Å². The summed E-state index contributed by atoms with van der Waals surface area (Å²) < 4.78 is 6.26. The number of ketones is 1. The Bertz CT molecular complexity index is 1060. The first-order valence-corrected chi connectivity index (χ1v) is 10.6. The standard InChI is InChI=1S/C24H24ClNO3/c1-4-13-5-6-14(15-7-8-17(25)26-12-15)11-16(13)18-21(27)19-20(22(18)28)24(3)10-9-23(19,2)29-24/h5-8,11-12,19-20,27H,4,9-10H2,1-3H3/t19-,20+,23-,24?/m0/s1. The van der Waals surface area contributed by atoms with Crippen LogP contribution in [0.25, 0.3) is 16.7 Å². The number of fused-ring (bicyclic) bond motifs is 5. The molecule has 150 valence electrons. The van der Waals surface area contributed by atoms with Crippen molar-refractivity contribution >= 4 is 23.0 Å². The molecule has 29 heavy (non-hydrogen) atoms. The molecular formula is C24H24ClNO3. The second kappa shape index (κ2) is 6.16. The Hall–Kier alpha value is -2.17. The Morgan fingerprint density at radius 1 is 1.14 bits per heavy atom. The monoisotopic (exact) mass is 409 g/mol. The number of nitrogens with zero attached hydrogens (tertiary/aromatic N) is 1. The highest BCUT2D eigenvalue weighted by Gasteiger charge is 2.69. The summed E-state index contributed by atoms with van der Waals surface area (Å²) in [6.45, 7) is 6.12. The molecule has 3 heterocycles. The van der Waals surface area contributed by atoms with Gasteiger partial charge in [-0.25, -0.2) is 4.98 Å². The van der Waals surface area contributed by atoms with Crippen molar-refractivity contribution in [2.24, 2.45) is 11.8 Å². The molecular weight excluding hydrogens is 386 g/mol. The van der Waals surface area contributed by atoms with E-state index < -0.39 is 11.2 Å². The first-order chi connectivity index (χ1) is 13.8. The molecule has 0 radical (unpaired) electrons. The summed E-state index contributed by atoms with van der Waals surface area (Å²) in [6, 6.07) is 9.73. The number of benzene rings is 1. The van der Waals surface area contributed by atoms with Crippen LogP contribution in [0.15, 0.2) is 42.3 Å². The molecule has 4 atom stereocenters. The fourth-order valence-electron chi connectivity index (χ4n) is 5.70. The highest BCUT2D eigenvalue weighted by Crippen LogP contribution is 2.63. The van der Waals surface area contributed by atoms with Crippen LogP contribution >= 0.6 is 11.6 Å². The van der Waals surface area contributed by atoms with E-state index in [1.165, 1.54) is 0 Å². The average molecular weight is 410 g/mol. The van der Waals surface area contributed by atoms with Crippen LogP contribution in [0.5, 0.6) is 0 Å². The number of halogens is 1. The van der Waals surface area contributed by atoms with Crippen molar-refractivity contribution in [3.8, 4) is 11.1 Å². The number of rotatable bonds is 3. The van der Waals surface area contributed by atoms with Crippen molar-refractivity contribution < 1.29 is 14.6 Å². The van der Waals surface area contributed by atoms with Crippen LogP contribution in [0, 0.1) is 11.8 Å². The fraction of sp³-hybridized carbons (Fsp3) is 0.417. The van der Waals surface area contributed by atoms with Gasteiger partial charge in [0.25, 0.3) is 0 Å². The van der Waals surface area contributed by atoms with E-state index in [4.69, 9.17) is 16.3 Å². The zero-order valence-corrected chi connectivity index (χ0v) is 17.6. The number of carbonyl (C=O) groups excluding carboxylic acids is 1. The zero-order chi connectivity index (χ0) is 20.6. The molecule has 2 fully saturated rings. The molecule has 4 nitrogen and oxygen atoms in total. The van der Waals surface area contributed by atoms with Crippen LogP contribution in [0.3, 0.4) is 0 Å². The summed E-state index contributed by atoms with van der Waals surface area (Å²) in [4.78, 5) is 17.7. The number of aliphatic hydroxyl groups excluding tert-OH is 1. The van der Waals surface area contributed by atoms with Crippen LogP contribution in [0.2, 0.25) is 5.15 Å². The summed E-state index contributed by atoms with van der Waals surface area (Å²) in [7, 11) is 0. The van der Waals surface area contributed by atoms with Crippen molar-refractivity contribution in [3.05, 3.63) is 58.6 Å². The summed E-state index contributed by atoms with van der Waals surface area (Å²) in [5, 5.41) is 11.7. The van der Waals surface area contributed by atoms with Crippen molar-refractivity contribution in [2.75, 3.05) is 0 Å². The van der Waals surface area contributed by atoms with E-state index in [-0.39, 0.29) is 23.4 Å². The quantitative estimate of drug-likeness (QED) is 0.690. The minimum absolute atomic E-state index is 0.0134. The van der Waals surface area contributed by atoms with E-state index in [1.54, 1.807) is 12.3 Å². The lowest BCUT2D eigenvalue weighted by Gasteiger charge is -2.30. The number of ether oxygens (including phenoxy) is 1. The van der Waals surface area contributed by atoms with Gasteiger partial charge in [0, 0.05) is 11.8 Å². The van der Waals surface area contributed by atoms with Gasteiger partial charge in [-0.15, -0.1) is 0 Å². The lowest BCUT2D eigenvalue weighted by molar-refractivity contribution is -0.121. The highest BCUT2D eigenvalue weighted by molar-refractivity contribution is 6.29. The van der Waals surface area contributed by atoms with Gasteiger partial charge < -0.3 is 9.84 Å². The topological polar surface area (TPSA) is 59.4 Å². The molecule has 2 aliphatic heterocycles. The predicted molar refractivity (Wildman–Crippen MR) is 113 cm³/mol. The number of pyridine rings is 1. The molecule has 0 amide bonds. The van der Waals surface area contributed by atoms with Gasteiger partial charge in [-0.1, -0.05) is 30.7 Å². The molecule has 0 saturated carbocycles. The summed E-state index contributed by atoms with van der Waals surface area (Å²) in [6.07, 6.45) is 4.22. The second-order valence-corrected chi connectivity index (χ2v) is 9.29. The third kappa shape index (κ3) is 2.55. The number of Topliss-reactive ketones (excluding diaryl/α,β-unsaturated/α-hetero) is 1. The van der Waals surface area contributed by atoms with Crippen LogP contribution in [-0.4, -0.2) is 27.1 Å². The van der Waals surface area contributed by atoms with E-state index in [0.717, 1.165) is 41.5 Å². The van der Waals surface area contributed by atoms with Gasteiger partial charge in [-0.2, -0.15) is 0 Å². The molecule has 1 aromatic heterocycles. The average Bonchev–Trinajstić information content (AvgIpc) is 3.25. The number of aliphatic hydroxyl groups is 1. The number of allylic oxidation sites excluding steroid dienone is 1. The van der Waals surface area contributed by atoms with Gasteiger partial charge in [-0.05, 0) is 68.0 Å². The summed E-state index contributed by atoms with van der Waals surface area (Å²) in [5.41, 5.74) is 3.26. The Morgan fingerprint density at radius 2 is 1.83 bits per heavy atom. The van der Waals surface area contributed by atoms with Gasteiger partial charge in [0.15, 0.2) is 5.78 Å². The molecule has 1 unspecified atom stereocenters. The largest absolute Gasteiger partial charge is 0.511 e. The maximum Gasteiger partial charge on any atom is 0.173 e. The van der Waals surface area contributed by atoms with Crippen LogP contribution in [-0.2, 0) is 16.0 Å². The summed E-state index contributed by atoms with van der Waals surface area (Å²) in [5.74, 6) is -0.345. The maximum absolute atomic E-state index is 13.6. The van der Waals surface area contributed by atoms with Crippen LogP contribution in [0.4, 0.5) is 0 Å². The smallest absolute Gasteiger partial charge is 0.173 e. The third-order valence-electron chi connectivity index (χ3n) is 7.13. The molecule has 1 N–H and O–H groups in total.